The summed E-state index contributed by atoms with van der Waals surface area (Å²) >= 11 is 0. The van der Waals surface area contributed by atoms with E-state index in [9.17, 15) is 4.79 Å². The summed E-state index contributed by atoms with van der Waals surface area (Å²) in [6, 6.07) is 1.95. The zero-order chi connectivity index (χ0) is 12.4. The molecule has 1 saturated heterocycles. The number of aromatic amines is 1. The van der Waals surface area contributed by atoms with Gasteiger partial charge in [0.05, 0.1) is 5.56 Å². The van der Waals surface area contributed by atoms with E-state index in [1.54, 1.807) is 0 Å². The molecule has 1 aliphatic rings. The maximum Gasteiger partial charge on any atom is 0.255 e. The average Bonchev–Trinajstić information content (AvgIpc) is 2.68. The van der Waals surface area contributed by atoms with E-state index < -0.39 is 0 Å². The summed E-state index contributed by atoms with van der Waals surface area (Å²) in [6.07, 6.45) is 0. The first-order valence-corrected chi connectivity index (χ1v) is 6.29. The molecule has 2 heterocycles. The van der Waals surface area contributed by atoms with Crippen molar-refractivity contribution in [1.29, 1.82) is 0 Å². The number of piperazine rings is 1. The van der Waals surface area contributed by atoms with Gasteiger partial charge < -0.3 is 14.8 Å². The van der Waals surface area contributed by atoms with E-state index >= 15 is 0 Å². The number of nitrogens with one attached hydrogen (secondary N) is 1. The van der Waals surface area contributed by atoms with Crippen LogP contribution < -0.4 is 0 Å². The van der Waals surface area contributed by atoms with Gasteiger partial charge in [-0.25, -0.2) is 0 Å². The number of H-pyrrole nitrogens is 1. The molecule has 0 atom stereocenters. The molecule has 0 spiro atoms. The number of likely N-dealkylation sites (N-methyl/N-ethyl adjacent to an activating group) is 1. The number of hydrogen-bond donors (Lipinski definition) is 1. The third kappa shape index (κ3) is 2.52. The van der Waals surface area contributed by atoms with E-state index in [0.29, 0.717) is 0 Å². The van der Waals surface area contributed by atoms with Crippen LogP contribution in [0.3, 0.4) is 0 Å². The molecule has 1 N–H and O–H groups in total. The van der Waals surface area contributed by atoms with Crippen molar-refractivity contribution < 1.29 is 4.79 Å². The van der Waals surface area contributed by atoms with Gasteiger partial charge in [0.1, 0.15) is 0 Å². The monoisotopic (exact) mass is 235 g/mol. The Balaban J connectivity index is 2.04. The number of carbonyl (C=O) groups is 1. The van der Waals surface area contributed by atoms with E-state index in [0.717, 1.165) is 49.7 Å². The lowest BCUT2D eigenvalue weighted by molar-refractivity contribution is 0.0643. The van der Waals surface area contributed by atoms with Crippen molar-refractivity contribution in [2.24, 2.45) is 0 Å². The molecule has 0 unspecified atom stereocenters. The van der Waals surface area contributed by atoms with Gasteiger partial charge in [0, 0.05) is 37.6 Å². The lowest BCUT2D eigenvalue weighted by atomic mass is 10.2. The predicted molar refractivity (Wildman–Crippen MR) is 68.3 cm³/mol. The zero-order valence-corrected chi connectivity index (χ0v) is 10.9. The summed E-state index contributed by atoms with van der Waals surface area (Å²) in [6.45, 7) is 10.9. The van der Waals surface area contributed by atoms with Crippen LogP contribution in [0, 0.1) is 13.8 Å². The van der Waals surface area contributed by atoms with Crippen molar-refractivity contribution in [3.8, 4) is 0 Å². The highest BCUT2D eigenvalue weighted by molar-refractivity contribution is 5.95. The third-order valence-electron chi connectivity index (χ3n) is 3.49. The summed E-state index contributed by atoms with van der Waals surface area (Å²) in [4.78, 5) is 19.8. The molecule has 4 heteroatoms. The minimum Gasteiger partial charge on any atom is -0.362 e. The summed E-state index contributed by atoms with van der Waals surface area (Å²) in [5.74, 6) is 0.169. The SMILES string of the molecule is CCN1CCN(C(=O)c2cc(C)[nH]c2C)CC1. The van der Waals surface area contributed by atoms with E-state index in [-0.39, 0.29) is 5.91 Å². The van der Waals surface area contributed by atoms with Crippen LogP contribution in [-0.4, -0.2) is 53.4 Å². The van der Waals surface area contributed by atoms with Gasteiger partial charge in [-0.1, -0.05) is 6.92 Å². The molecule has 1 fully saturated rings. The highest BCUT2D eigenvalue weighted by atomic mass is 16.2. The predicted octanol–water partition coefficient (Wildman–Crippen LogP) is 1.41. The van der Waals surface area contributed by atoms with Gasteiger partial charge in [0.25, 0.3) is 5.91 Å². The van der Waals surface area contributed by atoms with Gasteiger partial charge in [-0.3, -0.25) is 4.79 Å². The molecule has 1 aliphatic heterocycles. The molecule has 4 nitrogen and oxygen atoms in total. The summed E-state index contributed by atoms with van der Waals surface area (Å²) in [7, 11) is 0. The maximum absolute atomic E-state index is 12.3. The second-order valence-electron chi connectivity index (χ2n) is 4.72. The number of aromatic nitrogens is 1. The van der Waals surface area contributed by atoms with Gasteiger partial charge in [-0.2, -0.15) is 0 Å². The largest absolute Gasteiger partial charge is 0.362 e. The van der Waals surface area contributed by atoms with Crippen LogP contribution in [0.1, 0.15) is 28.7 Å². The van der Waals surface area contributed by atoms with Crippen LogP contribution in [0.2, 0.25) is 0 Å². The third-order valence-corrected chi connectivity index (χ3v) is 3.49. The van der Waals surface area contributed by atoms with E-state index in [2.05, 4.69) is 16.8 Å². The molecule has 2 rings (SSSR count). The molecule has 0 saturated carbocycles. The van der Waals surface area contributed by atoms with Crippen molar-refractivity contribution in [1.82, 2.24) is 14.8 Å². The normalized spacial score (nSPS) is 17.5. The Bertz CT molecular complexity index is 403. The van der Waals surface area contributed by atoms with Crippen molar-refractivity contribution >= 4 is 5.91 Å². The molecule has 0 aromatic carbocycles. The Labute approximate surface area is 103 Å². The molecule has 1 aromatic heterocycles. The second-order valence-corrected chi connectivity index (χ2v) is 4.72. The molecule has 17 heavy (non-hydrogen) atoms. The van der Waals surface area contributed by atoms with Crippen molar-refractivity contribution in [3.05, 3.63) is 23.0 Å². The van der Waals surface area contributed by atoms with Crippen molar-refractivity contribution in [2.45, 2.75) is 20.8 Å². The number of carbonyl (C=O) groups excluding carboxylic acids is 1. The molecule has 0 bridgehead atoms. The second kappa shape index (κ2) is 4.92. The highest BCUT2D eigenvalue weighted by Gasteiger charge is 2.23. The topological polar surface area (TPSA) is 39.3 Å². The van der Waals surface area contributed by atoms with Gasteiger partial charge in [-0.05, 0) is 26.5 Å². The van der Waals surface area contributed by atoms with E-state index in [1.165, 1.54) is 0 Å². The highest BCUT2D eigenvalue weighted by Crippen LogP contribution is 2.14. The molecular formula is C13H21N3O. The average molecular weight is 235 g/mol. The van der Waals surface area contributed by atoms with Gasteiger partial charge in [0.2, 0.25) is 0 Å². The van der Waals surface area contributed by atoms with E-state index in [4.69, 9.17) is 0 Å². The summed E-state index contributed by atoms with van der Waals surface area (Å²) < 4.78 is 0. The molecule has 1 amide bonds. The lowest BCUT2D eigenvalue weighted by Crippen LogP contribution is -2.48. The van der Waals surface area contributed by atoms with Gasteiger partial charge in [-0.15, -0.1) is 0 Å². The first kappa shape index (κ1) is 12.2. The summed E-state index contributed by atoms with van der Waals surface area (Å²) in [5.41, 5.74) is 2.86. The Morgan fingerprint density at radius 2 is 1.94 bits per heavy atom. The van der Waals surface area contributed by atoms with Gasteiger partial charge in [0.15, 0.2) is 0 Å². The van der Waals surface area contributed by atoms with Crippen molar-refractivity contribution in [3.63, 3.8) is 0 Å². The minimum absolute atomic E-state index is 0.169. The lowest BCUT2D eigenvalue weighted by Gasteiger charge is -2.34. The smallest absolute Gasteiger partial charge is 0.255 e. The van der Waals surface area contributed by atoms with Crippen LogP contribution in [0.25, 0.3) is 0 Å². The maximum atomic E-state index is 12.3. The first-order valence-electron chi connectivity index (χ1n) is 6.29. The number of hydrogen-bond acceptors (Lipinski definition) is 2. The Hall–Kier alpha value is -1.29. The van der Waals surface area contributed by atoms with Crippen LogP contribution in [-0.2, 0) is 0 Å². The quantitative estimate of drug-likeness (QED) is 0.842. The van der Waals surface area contributed by atoms with Crippen LogP contribution >= 0.6 is 0 Å². The summed E-state index contributed by atoms with van der Waals surface area (Å²) in [5, 5.41) is 0. The number of amides is 1. The number of nitrogens with zero attached hydrogens (tertiary/aromatic N) is 2. The van der Waals surface area contributed by atoms with Crippen LogP contribution in [0.4, 0.5) is 0 Å². The molecule has 1 aromatic rings. The first-order chi connectivity index (χ1) is 8.11. The fourth-order valence-corrected chi connectivity index (χ4v) is 2.38. The number of rotatable bonds is 2. The molecule has 0 aliphatic carbocycles. The van der Waals surface area contributed by atoms with Crippen LogP contribution in [0.5, 0.6) is 0 Å². The van der Waals surface area contributed by atoms with Crippen LogP contribution in [0.15, 0.2) is 6.07 Å². The number of aryl methyl sites for hydroxylation is 2. The Morgan fingerprint density at radius 1 is 1.29 bits per heavy atom. The fourth-order valence-electron chi connectivity index (χ4n) is 2.38. The Morgan fingerprint density at radius 3 is 2.41 bits per heavy atom. The standard InChI is InChI=1S/C13H21N3O/c1-4-15-5-7-16(8-6-15)13(17)12-9-10(2)14-11(12)3/h9,14H,4-8H2,1-3H3. The minimum atomic E-state index is 0.169. The Kier molecular flexibility index (Phi) is 3.52. The zero-order valence-electron chi connectivity index (χ0n) is 10.9. The van der Waals surface area contributed by atoms with E-state index in [1.807, 2.05) is 24.8 Å². The molecular weight excluding hydrogens is 214 g/mol. The van der Waals surface area contributed by atoms with Gasteiger partial charge >= 0.3 is 0 Å². The molecule has 94 valence electrons. The fraction of sp³-hybridized carbons (Fsp3) is 0.615. The van der Waals surface area contributed by atoms with Crippen molar-refractivity contribution in [2.75, 3.05) is 32.7 Å². The molecule has 0 radical (unpaired) electrons.